The number of nitrogens with one attached hydrogen (secondary N) is 2. The summed E-state index contributed by atoms with van der Waals surface area (Å²) < 4.78 is 11.5. The van der Waals surface area contributed by atoms with Gasteiger partial charge >= 0.3 is 6.03 Å². The van der Waals surface area contributed by atoms with E-state index in [-0.39, 0.29) is 11.9 Å². The Morgan fingerprint density at radius 1 is 1.14 bits per heavy atom. The van der Waals surface area contributed by atoms with Gasteiger partial charge in [-0.15, -0.1) is 0 Å². The summed E-state index contributed by atoms with van der Waals surface area (Å²) in [5, 5.41) is 5.23. The Bertz CT molecular complexity index is 729. The molecule has 0 bridgehead atoms. The molecule has 1 fully saturated rings. The summed E-state index contributed by atoms with van der Waals surface area (Å²) in [5.41, 5.74) is 0.716. The number of amides is 3. The highest BCUT2D eigenvalue weighted by Gasteiger charge is 2.34. The topological polar surface area (TPSA) is 79.9 Å². The molecule has 0 unspecified atom stereocenters. The van der Waals surface area contributed by atoms with E-state index in [0.29, 0.717) is 13.2 Å². The normalized spacial score (nSPS) is 20.9. The SMILES string of the molecule is C[C@H](C(=O)NC(=O)NC(C)(C)C)N1CCC[C@@H]1c1ccc2c(c1)OCCCO2. The molecule has 1 saturated heterocycles. The number of carbonyl (C=O) groups excluding carboxylic acids is 2. The molecule has 0 spiro atoms. The quantitative estimate of drug-likeness (QED) is 0.831. The Hall–Kier alpha value is -2.28. The largest absolute Gasteiger partial charge is 0.490 e. The number of imide groups is 1. The van der Waals surface area contributed by atoms with Gasteiger partial charge in [-0.05, 0) is 64.8 Å². The number of fused-ring (bicyclic) bond motifs is 1. The third-order valence-corrected chi connectivity index (χ3v) is 5.05. The minimum Gasteiger partial charge on any atom is -0.490 e. The fourth-order valence-corrected chi connectivity index (χ4v) is 3.74. The summed E-state index contributed by atoms with van der Waals surface area (Å²) in [5.74, 6) is 1.25. The molecule has 2 N–H and O–H groups in total. The number of carbonyl (C=O) groups is 2. The number of hydrogen-bond acceptors (Lipinski definition) is 5. The lowest BCUT2D eigenvalue weighted by Crippen LogP contribution is -2.53. The maximum Gasteiger partial charge on any atom is 0.321 e. The minimum atomic E-state index is -0.462. The molecule has 3 amide bonds. The van der Waals surface area contributed by atoms with Gasteiger partial charge in [0, 0.05) is 18.0 Å². The molecule has 1 aromatic rings. The second-order valence-corrected chi connectivity index (χ2v) is 8.52. The fraction of sp³-hybridized carbons (Fsp3) is 0.619. The van der Waals surface area contributed by atoms with Gasteiger partial charge in [0.15, 0.2) is 11.5 Å². The molecule has 3 rings (SSSR count). The highest BCUT2D eigenvalue weighted by atomic mass is 16.5. The van der Waals surface area contributed by atoms with Crippen LogP contribution in [0.3, 0.4) is 0 Å². The monoisotopic (exact) mass is 389 g/mol. The van der Waals surface area contributed by atoms with Crippen LogP contribution in [0.15, 0.2) is 18.2 Å². The second kappa shape index (κ2) is 8.39. The van der Waals surface area contributed by atoms with Gasteiger partial charge in [0.25, 0.3) is 0 Å². The molecule has 7 heteroatoms. The lowest BCUT2D eigenvalue weighted by atomic mass is 10.0. The zero-order valence-corrected chi connectivity index (χ0v) is 17.2. The van der Waals surface area contributed by atoms with Gasteiger partial charge in [-0.1, -0.05) is 6.07 Å². The fourth-order valence-electron chi connectivity index (χ4n) is 3.74. The van der Waals surface area contributed by atoms with Crippen molar-refractivity contribution in [1.82, 2.24) is 15.5 Å². The smallest absolute Gasteiger partial charge is 0.321 e. The summed E-state index contributed by atoms with van der Waals surface area (Å²) in [7, 11) is 0. The molecule has 2 aliphatic heterocycles. The van der Waals surface area contributed by atoms with E-state index in [2.05, 4.69) is 15.5 Å². The first kappa shape index (κ1) is 20.5. The van der Waals surface area contributed by atoms with Crippen molar-refractivity contribution in [3.05, 3.63) is 23.8 Å². The van der Waals surface area contributed by atoms with E-state index >= 15 is 0 Å². The zero-order chi connectivity index (χ0) is 20.3. The first-order valence-corrected chi connectivity index (χ1v) is 10.0. The van der Waals surface area contributed by atoms with E-state index < -0.39 is 17.6 Å². The summed E-state index contributed by atoms with van der Waals surface area (Å²) in [6.07, 6.45) is 2.84. The maximum atomic E-state index is 12.6. The van der Waals surface area contributed by atoms with Gasteiger partial charge in [0.1, 0.15) is 0 Å². The third-order valence-electron chi connectivity index (χ3n) is 5.05. The average Bonchev–Trinajstić information content (AvgIpc) is 2.97. The van der Waals surface area contributed by atoms with Gasteiger partial charge in [0.2, 0.25) is 5.91 Å². The molecular formula is C21H31N3O4. The number of likely N-dealkylation sites (tertiary alicyclic amines) is 1. The molecule has 1 aromatic carbocycles. The van der Waals surface area contributed by atoms with Crippen molar-refractivity contribution in [2.45, 2.75) is 64.6 Å². The van der Waals surface area contributed by atoms with E-state index in [4.69, 9.17) is 9.47 Å². The summed E-state index contributed by atoms with van der Waals surface area (Å²) in [6, 6.07) is 5.27. The Morgan fingerprint density at radius 2 is 1.86 bits per heavy atom. The number of hydrogen-bond donors (Lipinski definition) is 2. The molecule has 2 heterocycles. The van der Waals surface area contributed by atoms with Crippen LogP contribution in [0.1, 0.15) is 58.6 Å². The molecule has 154 valence electrons. The first-order chi connectivity index (χ1) is 13.2. The summed E-state index contributed by atoms with van der Waals surface area (Å²) in [4.78, 5) is 26.8. The summed E-state index contributed by atoms with van der Waals surface area (Å²) in [6.45, 7) is 9.60. The molecular weight excluding hydrogens is 358 g/mol. The van der Waals surface area contributed by atoms with Crippen LogP contribution in [0.25, 0.3) is 0 Å². The number of urea groups is 1. The molecule has 2 atom stereocenters. The van der Waals surface area contributed by atoms with Crippen LogP contribution in [-0.4, -0.2) is 48.2 Å². The number of benzene rings is 1. The van der Waals surface area contributed by atoms with Crippen molar-refractivity contribution < 1.29 is 19.1 Å². The van der Waals surface area contributed by atoms with Crippen molar-refractivity contribution in [3.63, 3.8) is 0 Å². The Balaban J connectivity index is 1.69. The molecule has 28 heavy (non-hydrogen) atoms. The molecule has 2 aliphatic rings. The van der Waals surface area contributed by atoms with Crippen LogP contribution >= 0.6 is 0 Å². The van der Waals surface area contributed by atoms with Gasteiger partial charge in [-0.3, -0.25) is 15.0 Å². The number of rotatable bonds is 3. The van der Waals surface area contributed by atoms with E-state index in [1.165, 1.54) is 0 Å². The van der Waals surface area contributed by atoms with E-state index in [0.717, 1.165) is 42.9 Å². The molecule has 0 aromatic heterocycles. The minimum absolute atomic E-state index is 0.114. The highest BCUT2D eigenvalue weighted by molar-refractivity contribution is 5.97. The van der Waals surface area contributed by atoms with E-state index in [1.807, 2.05) is 45.9 Å². The highest BCUT2D eigenvalue weighted by Crippen LogP contribution is 2.38. The lowest BCUT2D eigenvalue weighted by molar-refractivity contribution is -0.125. The maximum absolute atomic E-state index is 12.6. The standard InChI is InChI=1S/C21H31N3O4/c1-14(19(25)22-20(26)23-21(2,3)4)24-10-5-7-16(24)15-8-9-17-18(13-15)28-12-6-11-27-17/h8-9,13-14,16H,5-7,10-12H2,1-4H3,(H2,22,23,25,26)/t14-,16-/m1/s1. The van der Waals surface area contributed by atoms with Crippen LogP contribution in [0.5, 0.6) is 11.5 Å². The Labute approximate surface area is 166 Å². The van der Waals surface area contributed by atoms with Crippen LogP contribution in [-0.2, 0) is 4.79 Å². The van der Waals surface area contributed by atoms with Crippen molar-refractivity contribution in [1.29, 1.82) is 0 Å². The Kier molecular flexibility index (Phi) is 6.13. The van der Waals surface area contributed by atoms with Gasteiger partial charge in [-0.25, -0.2) is 4.79 Å². The van der Waals surface area contributed by atoms with Crippen molar-refractivity contribution in [2.75, 3.05) is 19.8 Å². The average molecular weight is 389 g/mol. The predicted molar refractivity (Wildman–Crippen MR) is 107 cm³/mol. The van der Waals surface area contributed by atoms with Gasteiger partial charge in [-0.2, -0.15) is 0 Å². The summed E-state index contributed by atoms with van der Waals surface area (Å²) >= 11 is 0. The number of ether oxygens (including phenoxy) is 2. The van der Waals surface area contributed by atoms with Crippen LogP contribution in [0, 0.1) is 0 Å². The van der Waals surface area contributed by atoms with Crippen molar-refractivity contribution in [2.24, 2.45) is 0 Å². The second-order valence-electron chi connectivity index (χ2n) is 8.52. The molecule has 7 nitrogen and oxygen atoms in total. The lowest BCUT2D eigenvalue weighted by Gasteiger charge is -2.30. The zero-order valence-electron chi connectivity index (χ0n) is 17.2. The van der Waals surface area contributed by atoms with Crippen LogP contribution in [0.4, 0.5) is 4.79 Å². The molecule has 0 aliphatic carbocycles. The third kappa shape index (κ3) is 4.95. The van der Waals surface area contributed by atoms with Crippen molar-refractivity contribution >= 4 is 11.9 Å². The van der Waals surface area contributed by atoms with E-state index in [1.54, 1.807) is 0 Å². The van der Waals surface area contributed by atoms with Crippen molar-refractivity contribution in [3.8, 4) is 11.5 Å². The first-order valence-electron chi connectivity index (χ1n) is 10.0. The van der Waals surface area contributed by atoms with E-state index in [9.17, 15) is 9.59 Å². The number of nitrogens with zero attached hydrogens (tertiary/aromatic N) is 1. The molecule has 0 saturated carbocycles. The van der Waals surface area contributed by atoms with Gasteiger partial charge in [0.05, 0.1) is 19.3 Å². The van der Waals surface area contributed by atoms with Crippen LogP contribution in [0.2, 0.25) is 0 Å². The predicted octanol–water partition coefficient (Wildman–Crippen LogP) is 3.00. The van der Waals surface area contributed by atoms with Crippen LogP contribution < -0.4 is 20.1 Å². The van der Waals surface area contributed by atoms with Gasteiger partial charge < -0.3 is 14.8 Å². The molecule has 0 radical (unpaired) electrons. The Morgan fingerprint density at radius 3 is 2.57 bits per heavy atom.